The average Bonchev–Trinajstić information content (AvgIpc) is 2.43. The zero-order valence-corrected chi connectivity index (χ0v) is 10.8. The quantitative estimate of drug-likeness (QED) is 0.875. The molecule has 2 N–H and O–H groups in total. The molecule has 0 aliphatic rings. The topological polar surface area (TPSA) is 56.0 Å². The van der Waals surface area contributed by atoms with Crippen LogP contribution in [0.25, 0.3) is 0 Å². The number of ketones is 1. The molecule has 1 aromatic heterocycles. The lowest BCUT2D eigenvalue weighted by molar-refractivity contribution is 0.0992. The Morgan fingerprint density at radius 2 is 2.11 bits per heavy atom. The molecule has 1 aromatic carbocycles. The molecular formula is C14H12ClFN2O. The second kappa shape index (κ2) is 5.91. The van der Waals surface area contributed by atoms with Gasteiger partial charge in [-0.25, -0.2) is 4.39 Å². The minimum Gasteiger partial charge on any atom is -0.325 e. The number of carbonyl (C=O) groups is 1. The SMILES string of the molecule is NCc1cc(C(=O)Cc2cc(F)ccc2Cl)ccn1. The number of nitrogens with zero attached hydrogens (tertiary/aromatic N) is 1. The van der Waals surface area contributed by atoms with Gasteiger partial charge in [-0.15, -0.1) is 0 Å². The van der Waals surface area contributed by atoms with E-state index in [1.54, 1.807) is 12.1 Å². The van der Waals surface area contributed by atoms with Crippen LogP contribution >= 0.6 is 11.6 Å². The minimum atomic E-state index is -0.412. The van der Waals surface area contributed by atoms with Crippen LogP contribution in [0.5, 0.6) is 0 Å². The number of hydrogen-bond donors (Lipinski definition) is 1. The number of Topliss-reactive ketones (excluding diaryl/α,β-unsaturated/α-hetero) is 1. The standard InChI is InChI=1S/C14H12ClFN2O/c15-13-2-1-11(16)5-10(13)7-14(19)9-3-4-18-12(6-9)8-17/h1-6H,7-8,17H2. The first-order valence-electron chi connectivity index (χ1n) is 5.72. The van der Waals surface area contributed by atoms with Gasteiger partial charge in [0.1, 0.15) is 5.82 Å². The summed E-state index contributed by atoms with van der Waals surface area (Å²) in [7, 11) is 0. The van der Waals surface area contributed by atoms with E-state index < -0.39 is 5.82 Å². The summed E-state index contributed by atoms with van der Waals surface area (Å²) >= 11 is 5.94. The van der Waals surface area contributed by atoms with Gasteiger partial charge < -0.3 is 5.73 Å². The van der Waals surface area contributed by atoms with Crippen molar-refractivity contribution < 1.29 is 9.18 Å². The van der Waals surface area contributed by atoms with Crippen LogP contribution in [0.4, 0.5) is 4.39 Å². The molecule has 0 amide bonds. The lowest BCUT2D eigenvalue weighted by Crippen LogP contribution is -2.07. The van der Waals surface area contributed by atoms with Crippen molar-refractivity contribution in [3.8, 4) is 0 Å². The van der Waals surface area contributed by atoms with Crippen molar-refractivity contribution in [2.24, 2.45) is 5.73 Å². The van der Waals surface area contributed by atoms with Crippen molar-refractivity contribution in [3.63, 3.8) is 0 Å². The Bertz CT molecular complexity index is 616. The summed E-state index contributed by atoms with van der Waals surface area (Å²) < 4.78 is 13.1. The van der Waals surface area contributed by atoms with Gasteiger partial charge in [-0.3, -0.25) is 9.78 Å². The third-order valence-corrected chi connectivity index (χ3v) is 3.08. The second-order valence-electron chi connectivity index (χ2n) is 4.08. The maximum absolute atomic E-state index is 13.1. The van der Waals surface area contributed by atoms with Crippen LogP contribution in [-0.2, 0) is 13.0 Å². The Morgan fingerprint density at radius 3 is 2.84 bits per heavy atom. The molecule has 0 radical (unpaired) electrons. The van der Waals surface area contributed by atoms with Gasteiger partial charge >= 0.3 is 0 Å². The molecule has 0 spiro atoms. The fourth-order valence-electron chi connectivity index (χ4n) is 1.72. The first kappa shape index (κ1) is 13.6. The van der Waals surface area contributed by atoms with E-state index in [0.29, 0.717) is 21.8 Å². The molecule has 0 fully saturated rings. The van der Waals surface area contributed by atoms with Crippen LogP contribution in [0, 0.1) is 5.82 Å². The van der Waals surface area contributed by atoms with E-state index in [9.17, 15) is 9.18 Å². The molecule has 2 rings (SSSR count). The Kier molecular flexibility index (Phi) is 4.24. The first-order valence-corrected chi connectivity index (χ1v) is 6.10. The molecule has 0 saturated carbocycles. The molecule has 0 bridgehead atoms. The highest BCUT2D eigenvalue weighted by molar-refractivity contribution is 6.31. The highest BCUT2D eigenvalue weighted by Gasteiger charge is 2.11. The van der Waals surface area contributed by atoms with E-state index in [4.69, 9.17) is 17.3 Å². The van der Waals surface area contributed by atoms with Gasteiger partial charge in [0.2, 0.25) is 0 Å². The van der Waals surface area contributed by atoms with Crippen molar-refractivity contribution in [2.75, 3.05) is 0 Å². The van der Waals surface area contributed by atoms with Crippen molar-refractivity contribution in [3.05, 3.63) is 64.2 Å². The van der Waals surface area contributed by atoms with Crippen molar-refractivity contribution in [2.45, 2.75) is 13.0 Å². The average molecular weight is 279 g/mol. The van der Waals surface area contributed by atoms with Gasteiger partial charge in [0, 0.05) is 29.7 Å². The smallest absolute Gasteiger partial charge is 0.167 e. The van der Waals surface area contributed by atoms with Gasteiger partial charge in [0.25, 0.3) is 0 Å². The number of nitrogens with two attached hydrogens (primary N) is 1. The van der Waals surface area contributed by atoms with Gasteiger partial charge in [-0.1, -0.05) is 11.6 Å². The predicted octanol–water partition coefficient (Wildman–Crippen LogP) is 2.76. The van der Waals surface area contributed by atoms with E-state index in [-0.39, 0.29) is 18.7 Å². The summed E-state index contributed by atoms with van der Waals surface area (Å²) in [6.45, 7) is 0.266. The van der Waals surface area contributed by atoms with Crippen molar-refractivity contribution in [1.82, 2.24) is 4.98 Å². The Hall–Kier alpha value is -1.78. The number of pyridine rings is 1. The zero-order valence-electron chi connectivity index (χ0n) is 10.1. The molecule has 0 unspecified atom stereocenters. The number of halogens is 2. The third-order valence-electron chi connectivity index (χ3n) is 2.71. The summed E-state index contributed by atoms with van der Waals surface area (Å²) in [6.07, 6.45) is 1.58. The Balaban J connectivity index is 2.22. The summed E-state index contributed by atoms with van der Waals surface area (Å²) in [4.78, 5) is 16.1. The van der Waals surface area contributed by atoms with E-state index in [2.05, 4.69) is 4.98 Å². The number of hydrogen-bond acceptors (Lipinski definition) is 3. The van der Waals surface area contributed by atoms with Gasteiger partial charge in [-0.2, -0.15) is 0 Å². The Morgan fingerprint density at radius 1 is 1.32 bits per heavy atom. The summed E-state index contributed by atoms with van der Waals surface area (Å²) in [5, 5.41) is 0.378. The Labute approximate surface area is 115 Å². The molecule has 0 aliphatic carbocycles. The van der Waals surface area contributed by atoms with E-state index in [1.165, 1.54) is 24.4 Å². The van der Waals surface area contributed by atoms with Crippen molar-refractivity contribution in [1.29, 1.82) is 0 Å². The normalized spacial score (nSPS) is 10.5. The summed E-state index contributed by atoms with van der Waals surface area (Å²) in [6, 6.07) is 7.21. The molecule has 5 heteroatoms. The lowest BCUT2D eigenvalue weighted by atomic mass is 10.0. The molecule has 19 heavy (non-hydrogen) atoms. The van der Waals surface area contributed by atoms with Gasteiger partial charge in [0.05, 0.1) is 5.69 Å². The van der Waals surface area contributed by atoms with E-state index in [1.807, 2.05) is 0 Å². The van der Waals surface area contributed by atoms with Crippen LogP contribution in [0.3, 0.4) is 0 Å². The van der Waals surface area contributed by atoms with Crippen molar-refractivity contribution >= 4 is 17.4 Å². The molecule has 2 aromatic rings. The maximum atomic E-state index is 13.1. The predicted molar refractivity (Wildman–Crippen MR) is 71.6 cm³/mol. The third kappa shape index (κ3) is 3.36. The van der Waals surface area contributed by atoms with Crippen LogP contribution in [-0.4, -0.2) is 10.8 Å². The van der Waals surface area contributed by atoms with Crippen LogP contribution in [0.15, 0.2) is 36.5 Å². The van der Waals surface area contributed by atoms with Crippen LogP contribution in [0.2, 0.25) is 5.02 Å². The molecule has 0 aliphatic heterocycles. The van der Waals surface area contributed by atoms with E-state index >= 15 is 0 Å². The van der Waals surface area contributed by atoms with E-state index in [0.717, 1.165) is 0 Å². The number of benzene rings is 1. The van der Waals surface area contributed by atoms with Gasteiger partial charge in [0.15, 0.2) is 5.78 Å². The first-order chi connectivity index (χ1) is 9.10. The molecule has 0 atom stereocenters. The zero-order chi connectivity index (χ0) is 13.8. The second-order valence-corrected chi connectivity index (χ2v) is 4.48. The fraction of sp³-hybridized carbons (Fsp3) is 0.143. The summed E-state index contributed by atoms with van der Waals surface area (Å²) in [5.74, 6) is -0.561. The molecule has 1 heterocycles. The summed E-state index contributed by atoms with van der Waals surface area (Å²) in [5.41, 5.74) is 7.07. The molecular weight excluding hydrogens is 267 g/mol. The van der Waals surface area contributed by atoms with Crippen LogP contribution < -0.4 is 5.73 Å². The molecule has 3 nitrogen and oxygen atoms in total. The van der Waals surface area contributed by atoms with Crippen LogP contribution in [0.1, 0.15) is 21.6 Å². The lowest BCUT2D eigenvalue weighted by Gasteiger charge is -2.05. The maximum Gasteiger partial charge on any atom is 0.167 e. The monoisotopic (exact) mass is 278 g/mol. The molecule has 98 valence electrons. The number of aromatic nitrogens is 1. The highest BCUT2D eigenvalue weighted by atomic mass is 35.5. The van der Waals surface area contributed by atoms with Gasteiger partial charge in [-0.05, 0) is 35.9 Å². The number of carbonyl (C=O) groups excluding carboxylic acids is 1. The highest BCUT2D eigenvalue weighted by Crippen LogP contribution is 2.19. The number of rotatable bonds is 4. The fourth-order valence-corrected chi connectivity index (χ4v) is 1.90. The molecule has 0 saturated heterocycles. The largest absolute Gasteiger partial charge is 0.325 e. The minimum absolute atomic E-state index is 0.0462.